The smallest absolute Gasteiger partial charge is 0.410 e. The first-order valence-electron chi connectivity index (χ1n) is 6.35. The van der Waals surface area contributed by atoms with Gasteiger partial charge in [0.1, 0.15) is 11.6 Å². The van der Waals surface area contributed by atoms with Crippen LogP contribution in [-0.4, -0.2) is 35.1 Å². The molecule has 1 unspecified atom stereocenters. The van der Waals surface area contributed by atoms with E-state index in [9.17, 15) is 9.59 Å². The van der Waals surface area contributed by atoms with E-state index >= 15 is 0 Å². The SMILES string of the molecule is CC(C)(C)OC(=O)N1CCCCCC1C(=O)NN. The second kappa shape index (κ2) is 6.04. The van der Waals surface area contributed by atoms with Crippen molar-refractivity contribution in [2.24, 2.45) is 5.84 Å². The molecule has 0 aliphatic carbocycles. The first-order chi connectivity index (χ1) is 8.35. The summed E-state index contributed by atoms with van der Waals surface area (Å²) in [5.41, 5.74) is 1.56. The fraction of sp³-hybridized carbons (Fsp3) is 0.833. The average Bonchev–Trinajstić information content (AvgIpc) is 2.50. The summed E-state index contributed by atoms with van der Waals surface area (Å²) in [4.78, 5) is 25.3. The van der Waals surface area contributed by atoms with Crippen molar-refractivity contribution >= 4 is 12.0 Å². The Morgan fingerprint density at radius 1 is 1.28 bits per heavy atom. The maximum atomic E-state index is 12.1. The van der Waals surface area contributed by atoms with Gasteiger partial charge < -0.3 is 4.74 Å². The molecule has 1 atom stereocenters. The van der Waals surface area contributed by atoms with E-state index in [1.807, 2.05) is 0 Å². The van der Waals surface area contributed by atoms with Gasteiger partial charge in [-0.3, -0.25) is 15.1 Å². The summed E-state index contributed by atoms with van der Waals surface area (Å²) in [7, 11) is 0. The lowest BCUT2D eigenvalue weighted by molar-refractivity contribution is -0.126. The molecule has 104 valence electrons. The van der Waals surface area contributed by atoms with Crippen molar-refractivity contribution in [1.29, 1.82) is 0 Å². The van der Waals surface area contributed by atoms with Gasteiger partial charge in [0.2, 0.25) is 0 Å². The molecule has 0 aromatic carbocycles. The number of amides is 2. The van der Waals surface area contributed by atoms with Gasteiger partial charge in [-0.25, -0.2) is 10.6 Å². The summed E-state index contributed by atoms with van der Waals surface area (Å²) >= 11 is 0. The van der Waals surface area contributed by atoms with E-state index in [0.29, 0.717) is 13.0 Å². The molecule has 0 spiro atoms. The van der Waals surface area contributed by atoms with Crippen LogP contribution in [0.2, 0.25) is 0 Å². The zero-order valence-electron chi connectivity index (χ0n) is 11.4. The number of hydrogen-bond donors (Lipinski definition) is 2. The van der Waals surface area contributed by atoms with E-state index in [4.69, 9.17) is 10.6 Å². The van der Waals surface area contributed by atoms with Crippen LogP contribution < -0.4 is 11.3 Å². The largest absolute Gasteiger partial charge is 0.444 e. The number of likely N-dealkylation sites (tertiary alicyclic amines) is 1. The van der Waals surface area contributed by atoms with Crippen LogP contribution in [0.4, 0.5) is 4.79 Å². The number of carbonyl (C=O) groups is 2. The molecule has 0 bridgehead atoms. The molecule has 0 saturated carbocycles. The minimum atomic E-state index is -0.562. The van der Waals surface area contributed by atoms with E-state index in [-0.39, 0.29) is 5.91 Å². The molecule has 1 aliphatic rings. The molecule has 6 heteroatoms. The van der Waals surface area contributed by atoms with Crippen molar-refractivity contribution in [3.8, 4) is 0 Å². The predicted molar refractivity (Wildman–Crippen MR) is 67.5 cm³/mol. The number of carbonyl (C=O) groups excluding carboxylic acids is 2. The highest BCUT2D eigenvalue weighted by molar-refractivity contribution is 5.85. The van der Waals surface area contributed by atoms with E-state index in [2.05, 4.69) is 5.43 Å². The van der Waals surface area contributed by atoms with Crippen LogP contribution >= 0.6 is 0 Å². The van der Waals surface area contributed by atoms with Gasteiger partial charge in [-0.2, -0.15) is 0 Å². The van der Waals surface area contributed by atoms with Gasteiger partial charge in [0.15, 0.2) is 0 Å². The maximum Gasteiger partial charge on any atom is 0.410 e. The Balaban J connectivity index is 2.79. The highest BCUT2D eigenvalue weighted by atomic mass is 16.6. The third kappa shape index (κ3) is 4.18. The minimum absolute atomic E-state index is 0.331. The molecule has 0 aromatic rings. The first kappa shape index (κ1) is 14.8. The molecule has 0 radical (unpaired) electrons. The topological polar surface area (TPSA) is 84.7 Å². The van der Waals surface area contributed by atoms with E-state index < -0.39 is 17.7 Å². The van der Waals surface area contributed by atoms with Crippen molar-refractivity contribution in [3.05, 3.63) is 0 Å². The second-order valence-electron chi connectivity index (χ2n) is 5.55. The van der Waals surface area contributed by atoms with Crippen molar-refractivity contribution in [1.82, 2.24) is 10.3 Å². The Morgan fingerprint density at radius 2 is 1.94 bits per heavy atom. The third-order valence-corrected chi connectivity index (χ3v) is 2.83. The monoisotopic (exact) mass is 257 g/mol. The van der Waals surface area contributed by atoms with Gasteiger partial charge in [-0.05, 0) is 33.6 Å². The van der Waals surface area contributed by atoms with Gasteiger partial charge >= 0.3 is 6.09 Å². The fourth-order valence-corrected chi connectivity index (χ4v) is 2.02. The lowest BCUT2D eigenvalue weighted by Gasteiger charge is -2.31. The molecule has 2 amide bonds. The summed E-state index contributed by atoms with van der Waals surface area (Å²) in [6, 6.07) is -0.521. The summed E-state index contributed by atoms with van der Waals surface area (Å²) in [5.74, 6) is 4.83. The maximum absolute atomic E-state index is 12.1. The summed E-state index contributed by atoms with van der Waals surface area (Å²) < 4.78 is 5.32. The predicted octanol–water partition coefficient (Wildman–Crippen LogP) is 1.16. The zero-order chi connectivity index (χ0) is 13.8. The molecule has 18 heavy (non-hydrogen) atoms. The molecule has 1 saturated heterocycles. The number of nitrogens with two attached hydrogens (primary N) is 1. The van der Waals surface area contributed by atoms with Crippen molar-refractivity contribution in [2.45, 2.75) is 58.1 Å². The van der Waals surface area contributed by atoms with Gasteiger partial charge in [0.05, 0.1) is 0 Å². The minimum Gasteiger partial charge on any atom is -0.444 e. The molecule has 1 heterocycles. The van der Waals surface area contributed by atoms with E-state index in [1.165, 1.54) is 4.90 Å². The lowest BCUT2D eigenvalue weighted by Crippen LogP contribution is -2.52. The Hall–Kier alpha value is -1.30. The molecule has 1 fully saturated rings. The second-order valence-corrected chi connectivity index (χ2v) is 5.55. The van der Waals surface area contributed by atoms with Gasteiger partial charge in [-0.15, -0.1) is 0 Å². The first-order valence-corrected chi connectivity index (χ1v) is 6.35. The van der Waals surface area contributed by atoms with Crippen molar-refractivity contribution in [3.63, 3.8) is 0 Å². The number of hydrogen-bond acceptors (Lipinski definition) is 4. The van der Waals surface area contributed by atoms with Crippen LogP contribution in [0.1, 0.15) is 46.5 Å². The van der Waals surface area contributed by atoms with Crippen LogP contribution in [0.5, 0.6) is 0 Å². The van der Waals surface area contributed by atoms with Gasteiger partial charge in [-0.1, -0.05) is 12.8 Å². The fourth-order valence-electron chi connectivity index (χ4n) is 2.02. The number of nitrogens with zero attached hydrogens (tertiary/aromatic N) is 1. The highest BCUT2D eigenvalue weighted by Crippen LogP contribution is 2.20. The van der Waals surface area contributed by atoms with E-state index in [0.717, 1.165) is 19.3 Å². The number of ether oxygens (including phenoxy) is 1. The molecular weight excluding hydrogens is 234 g/mol. The summed E-state index contributed by atoms with van der Waals surface area (Å²) in [5, 5.41) is 0. The van der Waals surface area contributed by atoms with Crippen molar-refractivity contribution in [2.75, 3.05) is 6.54 Å². The third-order valence-electron chi connectivity index (χ3n) is 2.83. The van der Waals surface area contributed by atoms with Crippen LogP contribution in [-0.2, 0) is 9.53 Å². The molecule has 0 aromatic heterocycles. The highest BCUT2D eigenvalue weighted by Gasteiger charge is 2.33. The number of hydrazine groups is 1. The molecule has 1 aliphatic heterocycles. The van der Waals surface area contributed by atoms with Crippen LogP contribution in [0.25, 0.3) is 0 Å². The molecule has 3 N–H and O–H groups in total. The van der Waals surface area contributed by atoms with Crippen molar-refractivity contribution < 1.29 is 14.3 Å². The normalized spacial score (nSPS) is 21.1. The standard InChI is InChI=1S/C12H23N3O3/c1-12(2,3)18-11(17)15-8-6-4-5-7-9(15)10(16)14-13/h9H,4-8,13H2,1-3H3,(H,14,16). The van der Waals surface area contributed by atoms with Gasteiger partial charge in [0, 0.05) is 6.54 Å². The Labute approximate surface area is 108 Å². The molecule has 6 nitrogen and oxygen atoms in total. The quantitative estimate of drug-likeness (QED) is 0.419. The van der Waals surface area contributed by atoms with Gasteiger partial charge in [0.25, 0.3) is 5.91 Å². The van der Waals surface area contributed by atoms with Crippen LogP contribution in [0, 0.1) is 0 Å². The number of rotatable bonds is 1. The summed E-state index contributed by atoms with van der Waals surface area (Å²) in [6.45, 7) is 5.95. The average molecular weight is 257 g/mol. The Morgan fingerprint density at radius 3 is 2.50 bits per heavy atom. The lowest BCUT2D eigenvalue weighted by atomic mass is 10.1. The Kier molecular flexibility index (Phi) is 4.95. The van der Waals surface area contributed by atoms with Crippen LogP contribution in [0.15, 0.2) is 0 Å². The zero-order valence-corrected chi connectivity index (χ0v) is 11.4. The molecule has 1 rings (SSSR count). The Bertz CT molecular complexity index is 312. The molecular formula is C12H23N3O3. The van der Waals surface area contributed by atoms with E-state index in [1.54, 1.807) is 20.8 Å². The number of nitrogens with one attached hydrogen (secondary N) is 1. The van der Waals surface area contributed by atoms with Crippen LogP contribution in [0.3, 0.4) is 0 Å². The summed E-state index contributed by atoms with van der Waals surface area (Å²) in [6.07, 6.45) is 2.99.